The first-order chi connectivity index (χ1) is 12.5. The Morgan fingerprint density at radius 2 is 2.15 bits per heavy atom. The molecule has 2 aliphatic heterocycles. The van der Waals surface area contributed by atoms with E-state index in [-0.39, 0.29) is 11.8 Å². The van der Waals surface area contributed by atoms with Crippen LogP contribution >= 0.6 is 11.8 Å². The maximum absolute atomic E-state index is 12.7. The minimum Gasteiger partial charge on any atom is -0.379 e. The van der Waals surface area contributed by atoms with Crippen molar-refractivity contribution >= 4 is 23.2 Å². The molecule has 4 heterocycles. The van der Waals surface area contributed by atoms with Gasteiger partial charge in [0.15, 0.2) is 0 Å². The maximum Gasteiger partial charge on any atom is 0.224 e. The van der Waals surface area contributed by atoms with Crippen LogP contribution in [0.3, 0.4) is 0 Å². The van der Waals surface area contributed by atoms with Crippen molar-refractivity contribution in [2.45, 2.75) is 29.5 Å². The summed E-state index contributed by atoms with van der Waals surface area (Å²) in [4.78, 5) is 18.6. The number of hydrogen-bond acceptors (Lipinski definition) is 5. The van der Waals surface area contributed by atoms with E-state index >= 15 is 0 Å². The molecule has 0 radical (unpaired) electrons. The van der Waals surface area contributed by atoms with Gasteiger partial charge in [-0.1, -0.05) is 0 Å². The fourth-order valence-electron chi connectivity index (χ4n) is 4.27. The summed E-state index contributed by atoms with van der Waals surface area (Å²) in [5, 5.41) is 7.12. The van der Waals surface area contributed by atoms with E-state index in [2.05, 4.69) is 32.2 Å². The van der Waals surface area contributed by atoms with E-state index in [0.29, 0.717) is 17.1 Å². The van der Waals surface area contributed by atoms with Crippen LogP contribution in [0.15, 0.2) is 29.4 Å². The number of rotatable bonds is 5. The molecule has 0 aromatic carbocycles. The summed E-state index contributed by atoms with van der Waals surface area (Å²) in [6.45, 7) is 7.65. The molecule has 2 aromatic rings. The SMILES string of the molecule is CC(C)(NC(=O)C1[C@H]2CNC[C@@H]12)c1ncc2c(SC3COC3)cccn12. The van der Waals surface area contributed by atoms with Gasteiger partial charge in [0.05, 0.1) is 35.7 Å². The number of amides is 1. The Bertz CT molecular complexity index is 850. The molecule has 7 heteroatoms. The normalized spacial score (nSPS) is 28.0. The van der Waals surface area contributed by atoms with Crippen LogP contribution in [-0.4, -0.2) is 46.8 Å². The molecule has 2 saturated heterocycles. The Kier molecular flexibility index (Phi) is 3.81. The Balaban J connectivity index is 1.38. The average molecular weight is 372 g/mol. The van der Waals surface area contributed by atoms with E-state index < -0.39 is 5.54 Å². The Labute approximate surface area is 157 Å². The fraction of sp³-hybridized carbons (Fsp3) is 0.579. The van der Waals surface area contributed by atoms with Gasteiger partial charge in [-0.25, -0.2) is 4.98 Å². The molecular weight excluding hydrogens is 348 g/mol. The molecule has 0 bridgehead atoms. The minimum atomic E-state index is -0.517. The van der Waals surface area contributed by atoms with Gasteiger partial charge in [0, 0.05) is 17.0 Å². The highest BCUT2D eigenvalue weighted by Gasteiger charge is 2.57. The van der Waals surface area contributed by atoms with E-state index in [1.807, 2.05) is 38.0 Å². The summed E-state index contributed by atoms with van der Waals surface area (Å²) in [6.07, 6.45) is 3.95. The molecule has 1 amide bonds. The zero-order valence-corrected chi connectivity index (χ0v) is 15.9. The lowest BCUT2D eigenvalue weighted by Gasteiger charge is -2.27. The summed E-state index contributed by atoms with van der Waals surface area (Å²) in [5.41, 5.74) is 0.575. The standard InChI is InChI=1S/C19H24N4O2S/c1-19(2,22-17(24)16-12-6-20-7-13(12)16)18-21-8-14-15(4-3-5-23(14)18)26-11-9-25-10-11/h3-5,8,11-13,16,20H,6-7,9-10H2,1-2H3,(H,22,24)/t12-,13+,16?. The zero-order chi connectivity index (χ0) is 17.9. The van der Waals surface area contributed by atoms with E-state index in [1.54, 1.807) is 0 Å². The first-order valence-corrected chi connectivity index (χ1v) is 10.2. The Morgan fingerprint density at radius 1 is 1.38 bits per heavy atom. The predicted molar refractivity (Wildman–Crippen MR) is 100 cm³/mol. The third-order valence-electron chi connectivity index (χ3n) is 5.82. The van der Waals surface area contributed by atoms with Crippen molar-refractivity contribution in [2.24, 2.45) is 17.8 Å². The molecule has 1 aliphatic carbocycles. The van der Waals surface area contributed by atoms with Crippen LogP contribution in [0.4, 0.5) is 0 Å². The number of pyridine rings is 1. The number of carbonyl (C=O) groups is 1. The molecule has 0 spiro atoms. The topological polar surface area (TPSA) is 67.7 Å². The highest BCUT2D eigenvalue weighted by molar-refractivity contribution is 8.00. The number of piperidine rings is 1. The fourth-order valence-corrected chi connectivity index (χ4v) is 5.39. The smallest absolute Gasteiger partial charge is 0.224 e. The van der Waals surface area contributed by atoms with Crippen LogP contribution in [0.2, 0.25) is 0 Å². The van der Waals surface area contributed by atoms with Crippen LogP contribution in [0.5, 0.6) is 0 Å². The molecule has 2 N–H and O–H groups in total. The lowest BCUT2D eigenvalue weighted by molar-refractivity contribution is -0.124. The van der Waals surface area contributed by atoms with Gasteiger partial charge in [0.25, 0.3) is 0 Å². The highest BCUT2D eigenvalue weighted by atomic mass is 32.2. The highest BCUT2D eigenvalue weighted by Crippen LogP contribution is 2.49. The summed E-state index contributed by atoms with van der Waals surface area (Å²) in [7, 11) is 0. The third kappa shape index (κ3) is 2.64. The second-order valence-corrected chi connectivity index (χ2v) is 9.45. The molecular formula is C19H24N4O2S. The number of nitrogens with zero attached hydrogens (tertiary/aromatic N) is 2. The first-order valence-electron chi connectivity index (χ1n) is 9.28. The third-order valence-corrected chi connectivity index (χ3v) is 7.03. The monoisotopic (exact) mass is 372 g/mol. The van der Waals surface area contributed by atoms with Crippen LogP contribution in [0.25, 0.3) is 5.52 Å². The van der Waals surface area contributed by atoms with Crippen molar-refractivity contribution < 1.29 is 9.53 Å². The van der Waals surface area contributed by atoms with Gasteiger partial charge in [-0.3, -0.25) is 4.79 Å². The van der Waals surface area contributed by atoms with Gasteiger partial charge in [-0.15, -0.1) is 11.8 Å². The molecule has 3 fully saturated rings. The van der Waals surface area contributed by atoms with Crippen molar-refractivity contribution in [3.05, 3.63) is 30.4 Å². The molecule has 3 aliphatic rings. The zero-order valence-electron chi connectivity index (χ0n) is 15.1. The van der Waals surface area contributed by atoms with Gasteiger partial charge in [-0.2, -0.15) is 0 Å². The molecule has 138 valence electrons. The average Bonchev–Trinajstić information content (AvgIpc) is 2.93. The van der Waals surface area contributed by atoms with Gasteiger partial charge in [-0.05, 0) is 50.9 Å². The molecule has 5 rings (SSSR count). The van der Waals surface area contributed by atoms with Gasteiger partial charge in [0.1, 0.15) is 5.82 Å². The van der Waals surface area contributed by atoms with Gasteiger partial charge < -0.3 is 19.8 Å². The van der Waals surface area contributed by atoms with E-state index in [4.69, 9.17) is 4.74 Å². The summed E-state index contributed by atoms with van der Waals surface area (Å²) < 4.78 is 7.40. The quantitative estimate of drug-likeness (QED) is 0.835. The minimum absolute atomic E-state index is 0.167. The van der Waals surface area contributed by atoms with Crippen molar-refractivity contribution in [2.75, 3.05) is 26.3 Å². The van der Waals surface area contributed by atoms with Gasteiger partial charge >= 0.3 is 0 Å². The Morgan fingerprint density at radius 3 is 2.85 bits per heavy atom. The maximum atomic E-state index is 12.7. The number of fused-ring (bicyclic) bond motifs is 2. The second kappa shape index (κ2) is 5.97. The number of hydrogen-bond donors (Lipinski definition) is 2. The van der Waals surface area contributed by atoms with Crippen LogP contribution in [0.1, 0.15) is 19.7 Å². The summed E-state index contributed by atoms with van der Waals surface area (Å²) >= 11 is 1.84. The van der Waals surface area contributed by atoms with Crippen molar-refractivity contribution in [1.29, 1.82) is 0 Å². The van der Waals surface area contributed by atoms with Crippen molar-refractivity contribution in [3.63, 3.8) is 0 Å². The Hall–Kier alpha value is -1.57. The second-order valence-electron chi connectivity index (χ2n) is 8.11. The van der Waals surface area contributed by atoms with E-state index in [1.165, 1.54) is 4.90 Å². The van der Waals surface area contributed by atoms with Crippen LogP contribution in [-0.2, 0) is 15.1 Å². The number of imidazole rings is 1. The lowest BCUT2D eigenvalue weighted by atomic mass is 10.0. The first kappa shape index (κ1) is 16.6. The van der Waals surface area contributed by atoms with Crippen molar-refractivity contribution in [3.8, 4) is 0 Å². The molecule has 6 nitrogen and oxygen atoms in total. The van der Waals surface area contributed by atoms with Crippen LogP contribution < -0.4 is 10.6 Å². The number of carbonyl (C=O) groups excluding carboxylic acids is 1. The number of aromatic nitrogens is 2. The number of ether oxygens (including phenoxy) is 1. The van der Waals surface area contributed by atoms with E-state index in [9.17, 15) is 4.79 Å². The largest absolute Gasteiger partial charge is 0.379 e. The summed E-state index contributed by atoms with van der Waals surface area (Å²) in [5.74, 6) is 2.26. The predicted octanol–water partition coefficient (Wildman–Crippen LogP) is 1.64. The molecule has 1 saturated carbocycles. The lowest BCUT2D eigenvalue weighted by Crippen LogP contribution is -2.44. The van der Waals surface area contributed by atoms with Crippen LogP contribution in [0, 0.1) is 17.8 Å². The summed E-state index contributed by atoms with van der Waals surface area (Å²) in [6, 6.07) is 4.18. The molecule has 26 heavy (non-hydrogen) atoms. The van der Waals surface area contributed by atoms with Gasteiger partial charge in [0.2, 0.25) is 5.91 Å². The number of thioether (sulfide) groups is 1. The van der Waals surface area contributed by atoms with Crippen molar-refractivity contribution in [1.82, 2.24) is 20.0 Å². The molecule has 3 atom stereocenters. The molecule has 1 unspecified atom stereocenters. The molecule has 2 aromatic heterocycles. The number of nitrogens with one attached hydrogen (secondary N) is 2. The van der Waals surface area contributed by atoms with E-state index in [0.717, 1.165) is 37.6 Å².